The molecule has 17 heavy (non-hydrogen) atoms. The van der Waals surface area contributed by atoms with Crippen LogP contribution in [0, 0.1) is 0 Å². The van der Waals surface area contributed by atoms with E-state index in [0.717, 1.165) is 0 Å². The predicted molar refractivity (Wildman–Crippen MR) is 64.3 cm³/mol. The van der Waals surface area contributed by atoms with Crippen LogP contribution in [0.5, 0.6) is 5.75 Å². The van der Waals surface area contributed by atoms with Gasteiger partial charge in [-0.15, -0.1) is 0 Å². The Morgan fingerprint density at radius 2 is 2.24 bits per heavy atom. The molecule has 0 saturated heterocycles. The van der Waals surface area contributed by atoms with Crippen molar-refractivity contribution in [3.05, 3.63) is 41.0 Å². The lowest BCUT2D eigenvalue weighted by atomic mass is 10.2. The Morgan fingerprint density at radius 1 is 1.47 bits per heavy atom. The lowest BCUT2D eigenvalue weighted by Crippen LogP contribution is -2.14. The fourth-order valence-corrected chi connectivity index (χ4v) is 1.54. The number of aromatic nitrogens is 2. The number of hydrogen-bond donors (Lipinski definition) is 2. The van der Waals surface area contributed by atoms with E-state index in [2.05, 4.69) is 10.4 Å². The molecule has 2 rings (SSSR count). The number of halogens is 1. The van der Waals surface area contributed by atoms with Crippen LogP contribution in [-0.2, 0) is 7.05 Å². The Kier molecular flexibility index (Phi) is 3.01. The monoisotopic (exact) mass is 251 g/mol. The van der Waals surface area contributed by atoms with Gasteiger partial charge < -0.3 is 10.4 Å². The van der Waals surface area contributed by atoms with Crippen molar-refractivity contribution in [3.63, 3.8) is 0 Å². The van der Waals surface area contributed by atoms with E-state index in [1.54, 1.807) is 19.3 Å². The quantitative estimate of drug-likeness (QED) is 0.858. The molecule has 0 aliphatic carbocycles. The average Bonchev–Trinajstić information content (AvgIpc) is 2.68. The van der Waals surface area contributed by atoms with Crippen LogP contribution in [0.25, 0.3) is 0 Å². The van der Waals surface area contributed by atoms with Crippen LogP contribution in [-0.4, -0.2) is 20.8 Å². The minimum Gasteiger partial charge on any atom is -0.507 e. The third-order valence-electron chi connectivity index (χ3n) is 2.27. The summed E-state index contributed by atoms with van der Waals surface area (Å²) in [5.74, 6) is -0.0166. The molecule has 0 atom stereocenters. The van der Waals surface area contributed by atoms with Crippen molar-refractivity contribution in [2.24, 2.45) is 7.05 Å². The maximum atomic E-state index is 11.9. The number of phenolic OH excluding ortho intramolecular Hbond substituents is 1. The van der Waals surface area contributed by atoms with Crippen molar-refractivity contribution in [2.75, 3.05) is 5.32 Å². The van der Waals surface area contributed by atoms with Gasteiger partial charge in [-0.3, -0.25) is 9.48 Å². The maximum absolute atomic E-state index is 11.9. The summed E-state index contributed by atoms with van der Waals surface area (Å²) in [7, 11) is 1.70. The summed E-state index contributed by atoms with van der Waals surface area (Å²) in [6, 6.07) is 5.94. The molecule has 0 unspecified atom stereocenters. The van der Waals surface area contributed by atoms with Gasteiger partial charge in [0.05, 0.1) is 11.8 Å². The van der Waals surface area contributed by atoms with E-state index >= 15 is 0 Å². The number of rotatable bonds is 2. The second-order valence-corrected chi connectivity index (χ2v) is 3.89. The first-order valence-corrected chi connectivity index (χ1v) is 5.23. The Balaban J connectivity index is 2.26. The number of carbonyl (C=O) groups excluding carboxylic acids is 1. The molecule has 1 heterocycles. The van der Waals surface area contributed by atoms with Crippen LogP contribution in [0.1, 0.15) is 10.4 Å². The van der Waals surface area contributed by atoms with E-state index in [1.165, 1.54) is 22.9 Å². The van der Waals surface area contributed by atoms with E-state index in [4.69, 9.17) is 11.6 Å². The van der Waals surface area contributed by atoms with Gasteiger partial charge in [0.15, 0.2) is 0 Å². The zero-order valence-corrected chi connectivity index (χ0v) is 9.77. The number of nitrogens with zero attached hydrogens (tertiary/aromatic N) is 2. The molecule has 1 amide bonds. The van der Waals surface area contributed by atoms with E-state index in [0.29, 0.717) is 10.8 Å². The molecule has 2 aromatic rings. The number of anilines is 1. The summed E-state index contributed by atoms with van der Waals surface area (Å²) in [5, 5.41) is 16.5. The molecule has 5 nitrogen and oxygen atoms in total. The second-order valence-electron chi connectivity index (χ2n) is 3.46. The normalized spacial score (nSPS) is 10.2. The number of hydrogen-bond acceptors (Lipinski definition) is 3. The predicted octanol–water partition coefficient (Wildman–Crippen LogP) is 2.03. The first-order chi connectivity index (χ1) is 8.08. The third kappa shape index (κ3) is 2.39. The van der Waals surface area contributed by atoms with Gasteiger partial charge in [-0.05, 0) is 18.2 Å². The van der Waals surface area contributed by atoms with Gasteiger partial charge in [-0.1, -0.05) is 11.6 Å². The van der Waals surface area contributed by atoms with Crippen molar-refractivity contribution in [2.45, 2.75) is 0 Å². The molecule has 1 aromatic heterocycles. The Hall–Kier alpha value is -2.01. The first kappa shape index (κ1) is 11.5. The van der Waals surface area contributed by atoms with Crippen LogP contribution in [0.15, 0.2) is 30.5 Å². The summed E-state index contributed by atoms with van der Waals surface area (Å²) in [4.78, 5) is 11.9. The van der Waals surface area contributed by atoms with Crippen molar-refractivity contribution in [1.29, 1.82) is 0 Å². The number of phenols is 1. The molecule has 1 aromatic carbocycles. The fraction of sp³-hybridized carbons (Fsp3) is 0.0909. The number of aromatic hydroxyl groups is 1. The largest absolute Gasteiger partial charge is 0.507 e. The van der Waals surface area contributed by atoms with Gasteiger partial charge >= 0.3 is 0 Å². The van der Waals surface area contributed by atoms with Crippen LogP contribution >= 0.6 is 11.6 Å². The Labute approximate surface area is 103 Å². The van der Waals surface area contributed by atoms with Gasteiger partial charge in [0.25, 0.3) is 5.91 Å². The third-order valence-corrected chi connectivity index (χ3v) is 2.50. The first-order valence-electron chi connectivity index (χ1n) is 4.86. The van der Waals surface area contributed by atoms with Gasteiger partial charge in [-0.25, -0.2) is 0 Å². The molecule has 0 saturated carbocycles. The van der Waals surface area contributed by atoms with E-state index in [1.807, 2.05) is 0 Å². The van der Waals surface area contributed by atoms with Crippen molar-refractivity contribution in [3.8, 4) is 5.75 Å². The molecule has 2 N–H and O–H groups in total. The molecule has 0 bridgehead atoms. The zero-order chi connectivity index (χ0) is 12.4. The molecule has 6 heteroatoms. The van der Waals surface area contributed by atoms with E-state index in [9.17, 15) is 9.90 Å². The number of carbonyl (C=O) groups is 1. The van der Waals surface area contributed by atoms with E-state index in [-0.39, 0.29) is 11.3 Å². The highest BCUT2D eigenvalue weighted by molar-refractivity contribution is 6.31. The van der Waals surface area contributed by atoms with Gasteiger partial charge in [0, 0.05) is 18.1 Å². The fourth-order valence-electron chi connectivity index (χ4n) is 1.37. The van der Waals surface area contributed by atoms with E-state index < -0.39 is 5.91 Å². The molecule has 0 spiro atoms. The standard InChI is InChI=1S/C11H10ClN3O2/c1-15-10(4-5-13-15)14-11(17)8-6-7(12)2-3-9(8)16/h2-6,16H,1H3,(H,14,17). The topological polar surface area (TPSA) is 67.2 Å². The highest BCUT2D eigenvalue weighted by atomic mass is 35.5. The summed E-state index contributed by atoms with van der Waals surface area (Å²) in [6.07, 6.45) is 1.56. The minimum atomic E-state index is -0.436. The van der Waals surface area contributed by atoms with Crippen LogP contribution < -0.4 is 5.32 Å². The minimum absolute atomic E-state index is 0.117. The maximum Gasteiger partial charge on any atom is 0.260 e. The van der Waals surface area contributed by atoms with Gasteiger partial charge in [-0.2, -0.15) is 5.10 Å². The molecule has 88 valence electrons. The highest BCUT2D eigenvalue weighted by Gasteiger charge is 2.13. The van der Waals surface area contributed by atoms with Crippen LogP contribution in [0.4, 0.5) is 5.82 Å². The Bertz CT molecular complexity index is 566. The molecule has 0 fully saturated rings. The van der Waals surface area contributed by atoms with Gasteiger partial charge in [0.2, 0.25) is 0 Å². The van der Waals surface area contributed by atoms with Crippen molar-refractivity contribution < 1.29 is 9.90 Å². The SMILES string of the molecule is Cn1nccc1NC(=O)c1cc(Cl)ccc1O. The summed E-state index contributed by atoms with van der Waals surface area (Å²) >= 11 is 5.77. The van der Waals surface area contributed by atoms with Crippen LogP contribution in [0.2, 0.25) is 5.02 Å². The highest BCUT2D eigenvalue weighted by Crippen LogP contribution is 2.22. The summed E-state index contributed by atoms with van der Waals surface area (Å²) < 4.78 is 1.51. The summed E-state index contributed by atoms with van der Waals surface area (Å²) in [6.45, 7) is 0. The van der Waals surface area contributed by atoms with Crippen molar-refractivity contribution in [1.82, 2.24) is 9.78 Å². The lowest BCUT2D eigenvalue weighted by molar-refractivity contribution is 0.102. The summed E-state index contributed by atoms with van der Waals surface area (Å²) in [5.41, 5.74) is 0.124. The second kappa shape index (κ2) is 4.47. The Morgan fingerprint density at radius 3 is 2.88 bits per heavy atom. The van der Waals surface area contributed by atoms with Crippen molar-refractivity contribution >= 4 is 23.3 Å². The number of amides is 1. The smallest absolute Gasteiger partial charge is 0.260 e. The molecular weight excluding hydrogens is 242 g/mol. The van der Waals surface area contributed by atoms with Crippen LogP contribution in [0.3, 0.4) is 0 Å². The van der Waals surface area contributed by atoms with Gasteiger partial charge in [0.1, 0.15) is 11.6 Å². The molecular formula is C11H10ClN3O2. The number of benzene rings is 1. The average molecular weight is 252 g/mol. The molecule has 0 aliphatic rings. The number of aryl methyl sites for hydroxylation is 1. The lowest BCUT2D eigenvalue weighted by Gasteiger charge is -2.07. The zero-order valence-electron chi connectivity index (χ0n) is 9.01. The molecule has 0 radical (unpaired) electrons. The number of nitrogens with one attached hydrogen (secondary N) is 1. The molecule has 0 aliphatic heterocycles.